The molecular weight excluding hydrogens is 250 g/mol. The van der Waals surface area contributed by atoms with Gasteiger partial charge in [0.25, 0.3) is 0 Å². The van der Waals surface area contributed by atoms with Gasteiger partial charge < -0.3 is 5.73 Å². The van der Waals surface area contributed by atoms with Crippen LogP contribution in [0.2, 0.25) is 10.0 Å². The lowest BCUT2D eigenvalue weighted by atomic mass is 10.1. The van der Waals surface area contributed by atoms with E-state index in [1.54, 1.807) is 12.1 Å². The Morgan fingerprint density at radius 1 is 1.12 bits per heavy atom. The summed E-state index contributed by atoms with van der Waals surface area (Å²) < 4.78 is 13.6. The molecule has 0 amide bonds. The predicted octanol–water partition coefficient (Wildman–Crippen LogP) is 3.78. The first-order valence-electron chi connectivity index (χ1n) is 4.44. The standard InChI is InChI=1S/C11H7Cl2FN2/c12-6-1-2-7(10(14)3-6)8-4-16-5-9(13)11(8)15/h1-5H,(H2,15,16). The van der Waals surface area contributed by atoms with Crippen LogP contribution in [-0.4, -0.2) is 4.98 Å². The number of anilines is 1. The smallest absolute Gasteiger partial charge is 0.132 e. The molecule has 0 radical (unpaired) electrons. The van der Waals surface area contributed by atoms with E-state index in [1.165, 1.54) is 18.5 Å². The number of rotatable bonds is 1. The zero-order valence-electron chi connectivity index (χ0n) is 8.05. The van der Waals surface area contributed by atoms with Crippen molar-refractivity contribution in [1.82, 2.24) is 4.98 Å². The maximum Gasteiger partial charge on any atom is 0.132 e. The first-order chi connectivity index (χ1) is 7.59. The monoisotopic (exact) mass is 256 g/mol. The molecule has 0 saturated carbocycles. The molecule has 0 spiro atoms. The number of pyridine rings is 1. The van der Waals surface area contributed by atoms with Crippen LogP contribution in [0.15, 0.2) is 30.6 Å². The van der Waals surface area contributed by atoms with Crippen molar-refractivity contribution in [2.24, 2.45) is 0 Å². The van der Waals surface area contributed by atoms with Crippen molar-refractivity contribution in [1.29, 1.82) is 0 Å². The SMILES string of the molecule is Nc1c(Cl)cncc1-c1ccc(Cl)cc1F. The third kappa shape index (κ3) is 1.96. The molecule has 0 unspecified atom stereocenters. The van der Waals surface area contributed by atoms with Gasteiger partial charge in [0.1, 0.15) is 5.82 Å². The molecule has 0 aliphatic rings. The number of hydrogen-bond acceptors (Lipinski definition) is 2. The average molecular weight is 257 g/mol. The van der Waals surface area contributed by atoms with E-state index in [0.29, 0.717) is 26.9 Å². The third-order valence-electron chi connectivity index (χ3n) is 2.16. The molecule has 0 fully saturated rings. The Morgan fingerprint density at radius 2 is 1.88 bits per heavy atom. The van der Waals surface area contributed by atoms with Gasteiger partial charge in [0.15, 0.2) is 0 Å². The highest BCUT2D eigenvalue weighted by atomic mass is 35.5. The Morgan fingerprint density at radius 3 is 2.56 bits per heavy atom. The molecule has 2 N–H and O–H groups in total. The van der Waals surface area contributed by atoms with Gasteiger partial charge in [-0.05, 0) is 18.2 Å². The highest BCUT2D eigenvalue weighted by molar-refractivity contribution is 6.33. The third-order valence-corrected chi connectivity index (χ3v) is 2.70. The van der Waals surface area contributed by atoms with Crippen LogP contribution in [0, 0.1) is 5.82 Å². The first-order valence-corrected chi connectivity index (χ1v) is 5.19. The number of hydrogen-bond donors (Lipinski definition) is 1. The van der Waals surface area contributed by atoms with Crippen molar-refractivity contribution in [3.63, 3.8) is 0 Å². The van der Waals surface area contributed by atoms with Gasteiger partial charge in [-0.1, -0.05) is 23.2 Å². The molecule has 2 aromatic rings. The molecule has 0 bridgehead atoms. The molecule has 0 aliphatic heterocycles. The van der Waals surface area contributed by atoms with Crippen LogP contribution < -0.4 is 5.73 Å². The van der Waals surface area contributed by atoms with Crippen molar-refractivity contribution in [3.8, 4) is 11.1 Å². The predicted molar refractivity (Wildman–Crippen MR) is 64.1 cm³/mol. The highest BCUT2D eigenvalue weighted by Crippen LogP contribution is 2.32. The molecule has 16 heavy (non-hydrogen) atoms. The highest BCUT2D eigenvalue weighted by Gasteiger charge is 2.11. The molecule has 5 heteroatoms. The van der Waals surface area contributed by atoms with Gasteiger partial charge in [-0.15, -0.1) is 0 Å². The summed E-state index contributed by atoms with van der Waals surface area (Å²) in [5.41, 5.74) is 6.84. The first kappa shape index (κ1) is 11.2. The summed E-state index contributed by atoms with van der Waals surface area (Å²) in [7, 11) is 0. The van der Waals surface area contributed by atoms with Gasteiger partial charge in [0.05, 0.1) is 10.7 Å². The number of benzene rings is 1. The molecular formula is C11H7Cl2FN2. The molecule has 0 aliphatic carbocycles. The maximum atomic E-state index is 13.6. The fourth-order valence-electron chi connectivity index (χ4n) is 1.37. The number of nitrogens with two attached hydrogens (primary N) is 1. The van der Waals surface area contributed by atoms with Gasteiger partial charge >= 0.3 is 0 Å². The fraction of sp³-hybridized carbons (Fsp3) is 0. The van der Waals surface area contributed by atoms with E-state index >= 15 is 0 Å². The lowest BCUT2D eigenvalue weighted by Gasteiger charge is -2.07. The maximum absolute atomic E-state index is 13.6. The summed E-state index contributed by atoms with van der Waals surface area (Å²) in [6.45, 7) is 0. The lowest BCUT2D eigenvalue weighted by Crippen LogP contribution is -1.94. The van der Waals surface area contributed by atoms with Crippen LogP contribution in [0.4, 0.5) is 10.1 Å². The molecule has 1 aromatic heterocycles. The zero-order valence-corrected chi connectivity index (χ0v) is 9.56. The Balaban J connectivity index is 2.63. The molecule has 0 atom stereocenters. The Bertz CT molecular complexity index is 544. The normalized spacial score (nSPS) is 10.4. The van der Waals surface area contributed by atoms with E-state index < -0.39 is 5.82 Å². The topological polar surface area (TPSA) is 38.9 Å². The number of aromatic nitrogens is 1. The number of halogens is 3. The number of nitrogen functional groups attached to an aromatic ring is 1. The van der Waals surface area contributed by atoms with E-state index in [1.807, 2.05) is 0 Å². The van der Waals surface area contributed by atoms with Crippen molar-refractivity contribution in [3.05, 3.63) is 46.5 Å². The molecule has 0 saturated heterocycles. The summed E-state index contributed by atoms with van der Waals surface area (Å²) in [5, 5.41) is 0.627. The van der Waals surface area contributed by atoms with Crippen LogP contribution in [0.1, 0.15) is 0 Å². The number of nitrogens with zero attached hydrogens (tertiary/aromatic N) is 1. The van der Waals surface area contributed by atoms with Crippen molar-refractivity contribution < 1.29 is 4.39 Å². The summed E-state index contributed by atoms with van der Waals surface area (Å²) in [4.78, 5) is 3.87. The second-order valence-corrected chi connectivity index (χ2v) is 4.05. The van der Waals surface area contributed by atoms with Crippen molar-refractivity contribution in [2.75, 3.05) is 5.73 Å². The average Bonchev–Trinajstić information content (AvgIpc) is 2.23. The lowest BCUT2D eigenvalue weighted by molar-refractivity contribution is 0.631. The van der Waals surface area contributed by atoms with Crippen LogP contribution in [0.5, 0.6) is 0 Å². The van der Waals surface area contributed by atoms with E-state index in [4.69, 9.17) is 28.9 Å². The van der Waals surface area contributed by atoms with Gasteiger partial charge in [0, 0.05) is 28.5 Å². The van der Waals surface area contributed by atoms with E-state index in [-0.39, 0.29) is 0 Å². The van der Waals surface area contributed by atoms with Gasteiger partial charge in [-0.3, -0.25) is 4.98 Å². The van der Waals surface area contributed by atoms with Crippen LogP contribution >= 0.6 is 23.2 Å². The Hall–Kier alpha value is -1.32. The minimum atomic E-state index is -0.455. The Kier molecular flexibility index (Phi) is 2.99. The summed E-state index contributed by atoms with van der Waals surface area (Å²) in [5.74, 6) is -0.455. The van der Waals surface area contributed by atoms with Crippen molar-refractivity contribution >= 4 is 28.9 Å². The van der Waals surface area contributed by atoms with Gasteiger partial charge in [0.2, 0.25) is 0 Å². The molecule has 82 valence electrons. The second kappa shape index (κ2) is 4.28. The van der Waals surface area contributed by atoms with Gasteiger partial charge in [-0.25, -0.2) is 4.39 Å². The quantitative estimate of drug-likeness (QED) is 0.844. The summed E-state index contributed by atoms with van der Waals surface area (Å²) in [6.07, 6.45) is 2.88. The van der Waals surface area contributed by atoms with E-state index in [2.05, 4.69) is 4.98 Å². The van der Waals surface area contributed by atoms with Crippen molar-refractivity contribution in [2.45, 2.75) is 0 Å². The summed E-state index contributed by atoms with van der Waals surface area (Å²) >= 11 is 11.5. The van der Waals surface area contributed by atoms with Crippen LogP contribution in [0.25, 0.3) is 11.1 Å². The summed E-state index contributed by atoms with van der Waals surface area (Å²) in [6, 6.07) is 4.35. The molecule has 2 rings (SSSR count). The minimum Gasteiger partial charge on any atom is -0.397 e. The van der Waals surface area contributed by atoms with E-state index in [9.17, 15) is 4.39 Å². The van der Waals surface area contributed by atoms with Crippen LogP contribution in [0.3, 0.4) is 0 Å². The zero-order chi connectivity index (χ0) is 11.7. The molecule has 1 aromatic carbocycles. The Labute approximate surface area is 102 Å². The minimum absolute atomic E-state index is 0.298. The van der Waals surface area contributed by atoms with E-state index in [0.717, 1.165) is 0 Å². The fourth-order valence-corrected chi connectivity index (χ4v) is 1.68. The second-order valence-electron chi connectivity index (χ2n) is 3.21. The largest absolute Gasteiger partial charge is 0.397 e. The van der Waals surface area contributed by atoms with Crippen LogP contribution in [-0.2, 0) is 0 Å². The molecule has 1 heterocycles. The molecule has 2 nitrogen and oxygen atoms in total. The van der Waals surface area contributed by atoms with Gasteiger partial charge in [-0.2, -0.15) is 0 Å².